The van der Waals surface area contributed by atoms with Crippen molar-refractivity contribution < 1.29 is 5.11 Å². The summed E-state index contributed by atoms with van der Waals surface area (Å²) in [6, 6.07) is 7.00. The third-order valence-electron chi connectivity index (χ3n) is 1.69. The molecule has 1 N–H and O–H groups in total. The monoisotopic (exact) mass is 161 g/mol. The van der Waals surface area contributed by atoms with Crippen molar-refractivity contribution in [2.45, 2.75) is 19.4 Å². The van der Waals surface area contributed by atoms with E-state index in [0.717, 1.165) is 12.0 Å². The summed E-state index contributed by atoms with van der Waals surface area (Å²) in [7, 11) is 0. The molecule has 0 aliphatic rings. The second-order valence-electron chi connectivity index (χ2n) is 2.85. The summed E-state index contributed by atoms with van der Waals surface area (Å²) in [6.07, 6.45) is 0.754. The molecule has 0 aliphatic heterocycles. The van der Waals surface area contributed by atoms with E-state index < -0.39 is 0 Å². The minimum Gasteiger partial charge on any atom is -0.508 e. The van der Waals surface area contributed by atoms with E-state index >= 15 is 0 Å². The predicted octanol–water partition coefficient (Wildman–Crippen LogP) is 2.24. The van der Waals surface area contributed by atoms with Gasteiger partial charge >= 0.3 is 0 Å². The van der Waals surface area contributed by atoms with Crippen LogP contribution in [0.5, 0.6) is 5.75 Å². The zero-order valence-electron chi connectivity index (χ0n) is 6.99. The first-order valence-electron chi connectivity index (χ1n) is 3.87. The van der Waals surface area contributed by atoms with Crippen LogP contribution in [0, 0.1) is 6.57 Å². The van der Waals surface area contributed by atoms with Crippen LogP contribution in [-0.4, -0.2) is 11.1 Å². The van der Waals surface area contributed by atoms with E-state index in [-0.39, 0.29) is 11.8 Å². The first-order chi connectivity index (χ1) is 5.72. The van der Waals surface area contributed by atoms with Gasteiger partial charge in [-0.2, -0.15) is 0 Å². The van der Waals surface area contributed by atoms with Crippen LogP contribution in [-0.2, 0) is 6.42 Å². The highest BCUT2D eigenvalue weighted by Gasteiger charge is 2.04. The van der Waals surface area contributed by atoms with Crippen LogP contribution < -0.4 is 0 Å². The summed E-state index contributed by atoms with van der Waals surface area (Å²) in [5, 5.41) is 8.99. The predicted molar refractivity (Wildman–Crippen MR) is 47.9 cm³/mol. The molecule has 1 unspecified atom stereocenters. The molecule has 0 aromatic heterocycles. The minimum atomic E-state index is 0.0227. The minimum absolute atomic E-state index is 0.0227. The number of rotatable bonds is 2. The third kappa shape index (κ3) is 2.28. The highest BCUT2D eigenvalue weighted by Crippen LogP contribution is 2.11. The van der Waals surface area contributed by atoms with Crippen molar-refractivity contribution in [3.8, 4) is 5.75 Å². The molecule has 2 nitrogen and oxygen atoms in total. The van der Waals surface area contributed by atoms with E-state index in [0.29, 0.717) is 0 Å². The van der Waals surface area contributed by atoms with Crippen LogP contribution >= 0.6 is 0 Å². The SMILES string of the molecule is [C-]#[N+]C(C)Cc1ccc(O)cc1. The Morgan fingerprint density at radius 3 is 2.50 bits per heavy atom. The summed E-state index contributed by atoms with van der Waals surface area (Å²) >= 11 is 0. The summed E-state index contributed by atoms with van der Waals surface area (Å²) in [5.41, 5.74) is 1.09. The zero-order chi connectivity index (χ0) is 8.97. The highest BCUT2D eigenvalue weighted by atomic mass is 16.3. The van der Waals surface area contributed by atoms with Gasteiger partial charge in [-0.1, -0.05) is 12.1 Å². The second kappa shape index (κ2) is 3.77. The average Bonchev–Trinajstić information content (AvgIpc) is 2.09. The fourth-order valence-corrected chi connectivity index (χ4v) is 1.02. The standard InChI is InChI=1S/C10H11NO/c1-8(11-2)7-9-3-5-10(12)6-4-9/h3-6,8,12H,7H2,1H3. The molecule has 12 heavy (non-hydrogen) atoms. The Balaban J connectivity index is 2.66. The molecule has 0 aliphatic carbocycles. The van der Waals surface area contributed by atoms with Crippen molar-refractivity contribution in [3.63, 3.8) is 0 Å². The van der Waals surface area contributed by atoms with Crippen molar-refractivity contribution in [1.29, 1.82) is 0 Å². The van der Waals surface area contributed by atoms with Crippen LogP contribution in [0.15, 0.2) is 24.3 Å². The molecule has 0 heterocycles. The molecule has 1 rings (SSSR count). The summed E-state index contributed by atoms with van der Waals surface area (Å²) in [5.74, 6) is 0.272. The van der Waals surface area contributed by atoms with Gasteiger partial charge in [-0.05, 0) is 17.7 Å². The maximum Gasteiger partial charge on any atom is 0.225 e. The largest absolute Gasteiger partial charge is 0.508 e. The van der Waals surface area contributed by atoms with Crippen LogP contribution in [0.1, 0.15) is 12.5 Å². The quantitative estimate of drug-likeness (QED) is 0.661. The fraction of sp³-hybridized carbons (Fsp3) is 0.300. The molecule has 0 radical (unpaired) electrons. The lowest BCUT2D eigenvalue weighted by Gasteiger charge is -1.99. The number of phenols is 1. The van der Waals surface area contributed by atoms with Crippen molar-refractivity contribution in [1.82, 2.24) is 0 Å². The van der Waals surface area contributed by atoms with Crippen LogP contribution in [0.25, 0.3) is 4.85 Å². The average molecular weight is 161 g/mol. The zero-order valence-corrected chi connectivity index (χ0v) is 6.99. The summed E-state index contributed by atoms with van der Waals surface area (Å²) < 4.78 is 0. The first kappa shape index (κ1) is 8.61. The lowest BCUT2D eigenvalue weighted by Crippen LogP contribution is -1.99. The molecule has 1 aromatic carbocycles. The number of phenolic OH excluding ortho intramolecular Hbond substituents is 1. The molecule has 2 heteroatoms. The van der Waals surface area contributed by atoms with Gasteiger partial charge in [-0.3, -0.25) is 0 Å². The highest BCUT2D eigenvalue weighted by molar-refractivity contribution is 5.26. The van der Waals surface area contributed by atoms with Gasteiger partial charge in [0.25, 0.3) is 0 Å². The molecule has 0 saturated heterocycles. The van der Waals surface area contributed by atoms with Gasteiger partial charge in [0.1, 0.15) is 5.75 Å². The van der Waals surface area contributed by atoms with E-state index in [2.05, 4.69) is 4.85 Å². The molecule has 1 aromatic rings. The topological polar surface area (TPSA) is 24.6 Å². The Labute approximate surface area is 72.3 Å². The summed E-state index contributed by atoms with van der Waals surface area (Å²) in [6.45, 7) is 8.66. The van der Waals surface area contributed by atoms with E-state index in [1.165, 1.54) is 0 Å². The van der Waals surface area contributed by atoms with E-state index in [1.807, 2.05) is 19.1 Å². The number of nitrogens with zero attached hydrogens (tertiary/aromatic N) is 1. The van der Waals surface area contributed by atoms with Crippen molar-refractivity contribution in [2.24, 2.45) is 0 Å². The Hall–Kier alpha value is -1.49. The van der Waals surface area contributed by atoms with E-state index in [4.69, 9.17) is 11.7 Å². The molecular formula is C10H11NO. The fourth-order valence-electron chi connectivity index (χ4n) is 1.02. The summed E-state index contributed by atoms with van der Waals surface area (Å²) in [4.78, 5) is 3.39. The molecule has 0 amide bonds. The van der Waals surface area contributed by atoms with Crippen molar-refractivity contribution >= 4 is 0 Å². The molecule has 0 saturated carbocycles. The van der Waals surface area contributed by atoms with Crippen molar-refractivity contribution in [3.05, 3.63) is 41.2 Å². The lowest BCUT2D eigenvalue weighted by atomic mass is 10.1. The molecule has 0 fully saturated rings. The maximum atomic E-state index is 8.99. The third-order valence-corrected chi connectivity index (χ3v) is 1.69. The van der Waals surface area contributed by atoms with Crippen LogP contribution in [0.3, 0.4) is 0 Å². The number of hydrogen-bond donors (Lipinski definition) is 1. The smallest absolute Gasteiger partial charge is 0.225 e. The van der Waals surface area contributed by atoms with E-state index in [1.54, 1.807) is 12.1 Å². The van der Waals surface area contributed by atoms with Crippen LogP contribution in [0.2, 0.25) is 0 Å². The number of aromatic hydroxyl groups is 1. The van der Waals surface area contributed by atoms with Gasteiger partial charge < -0.3 is 9.95 Å². The Morgan fingerprint density at radius 2 is 2.00 bits per heavy atom. The van der Waals surface area contributed by atoms with Crippen LogP contribution in [0.4, 0.5) is 0 Å². The normalized spacial score (nSPS) is 12.0. The maximum absolute atomic E-state index is 8.99. The molecular weight excluding hydrogens is 150 g/mol. The number of hydrogen-bond acceptors (Lipinski definition) is 1. The Morgan fingerprint density at radius 1 is 1.42 bits per heavy atom. The number of benzene rings is 1. The Bertz CT molecular complexity index is 284. The second-order valence-corrected chi connectivity index (χ2v) is 2.85. The van der Waals surface area contributed by atoms with Gasteiger partial charge in [-0.25, -0.2) is 6.57 Å². The van der Waals surface area contributed by atoms with Gasteiger partial charge in [-0.15, -0.1) is 0 Å². The van der Waals surface area contributed by atoms with E-state index in [9.17, 15) is 0 Å². The van der Waals surface area contributed by atoms with Gasteiger partial charge in [0.15, 0.2) is 0 Å². The molecule has 0 spiro atoms. The first-order valence-corrected chi connectivity index (χ1v) is 3.87. The lowest BCUT2D eigenvalue weighted by molar-refractivity contribution is 0.475. The van der Waals surface area contributed by atoms with Gasteiger partial charge in [0.05, 0.1) is 0 Å². The van der Waals surface area contributed by atoms with Gasteiger partial charge in [0.2, 0.25) is 6.04 Å². The Kier molecular flexibility index (Phi) is 2.71. The van der Waals surface area contributed by atoms with Crippen molar-refractivity contribution in [2.75, 3.05) is 0 Å². The molecule has 0 bridgehead atoms. The molecule has 62 valence electrons. The molecule has 1 atom stereocenters. The van der Waals surface area contributed by atoms with Gasteiger partial charge in [0, 0.05) is 13.3 Å².